The molecule has 0 aromatic carbocycles. The Bertz CT molecular complexity index is 381. The van der Waals surface area contributed by atoms with Crippen molar-refractivity contribution in [2.24, 2.45) is 5.41 Å². The fraction of sp³-hybridized carbons (Fsp3) is 0.667. The molecule has 1 saturated heterocycles. The lowest BCUT2D eigenvalue weighted by molar-refractivity contribution is -0.160. The highest BCUT2D eigenvalue weighted by atomic mass is 16.6. The standard InChI is InChI=1S/C12H19N3O2/c1-12(2,3)11(16)17-10-8(4-5-15-10)9-13-6-7-14-9/h6-8,10,15H,4-5H2,1-3H3,(H,13,14)/t8-,10?/m0/s1. The second kappa shape index (κ2) is 4.49. The van der Waals surface area contributed by atoms with Gasteiger partial charge in [-0.1, -0.05) is 0 Å². The van der Waals surface area contributed by atoms with E-state index >= 15 is 0 Å². The van der Waals surface area contributed by atoms with E-state index in [1.165, 1.54) is 0 Å². The fourth-order valence-corrected chi connectivity index (χ4v) is 1.85. The number of imidazole rings is 1. The van der Waals surface area contributed by atoms with Crippen molar-refractivity contribution < 1.29 is 9.53 Å². The molecule has 1 aromatic heterocycles. The third kappa shape index (κ3) is 2.66. The number of nitrogens with one attached hydrogen (secondary N) is 2. The Kier molecular flexibility index (Phi) is 3.19. The average molecular weight is 237 g/mol. The molecule has 2 heterocycles. The number of hydrogen-bond acceptors (Lipinski definition) is 4. The summed E-state index contributed by atoms with van der Waals surface area (Å²) in [7, 11) is 0. The highest BCUT2D eigenvalue weighted by Gasteiger charge is 2.35. The molecule has 0 saturated carbocycles. The quantitative estimate of drug-likeness (QED) is 0.763. The van der Waals surface area contributed by atoms with Crippen molar-refractivity contribution in [3.05, 3.63) is 18.2 Å². The van der Waals surface area contributed by atoms with E-state index in [-0.39, 0.29) is 18.1 Å². The van der Waals surface area contributed by atoms with E-state index in [4.69, 9.17) is 4.74 Å². The summed E-state index contributed by atoms with van der Waals surface area (Å²) in [6.45, 7) is 6.40. The van der Waals surface area contributed by atoms with Crippen molar-refractivity contribution in [1.82, 2.24) is 15.3 Å². The Balaban J connectivity index is 2.04. The number of esters is 1. The highest BCUT2D eigenvalue weighted by molar-refractivity contribution is 5.75. The van der Waals surface area contributed by atoms with E-state index in [2.05, 4.69) is 15.3 Å². The number of aromatic amines is 1. The van der Waals surface area contributed by atoms with Crippen LogP contribution in [-0.2, 0) is 9.53 Å². The smallest absolute Gasteiger partial charge is 0.312 e. The van der Waals surface area contributed by atoms with Gasteiger partial charge in [-0.05, 0) is 33.7 Å². The largest absolute Gasteiger partial charge is 0.445 e. The molecule has 1 aliphatic rings. The van der Waals surface area contributed by atoms with Crippen LogP contribution >= 0.6 is 0 Å². The molecule has 0 radical (unpaired) electrons. The Morgan fingerprint density at radius 2 is 2.29 bits per heavy atom. The second-order valence-electron chi connectivity index (χ2n) is 5.40. The van der Waals surface area contributed by atoms with Crippen LogP contribution < -0.4 is 5.32 Å². The van der Waals surface area contributed by atoms with E-state index in [0.29, 0.717) is 0 Å². The first-order valence-electron chi connectivity index (χ1n) is 5.92. The van der Waals surface area contributed by atoms with Gasteiger partial charge in [-0.15, -0.1) is 0 Å². The lowest BCUT2D eigenvalue weighted by atomic mass is 9.97. The monoisotopic (exact) mass is 237 g/mol. The van der Waals surface area contributed by atoms with Gasteiger partial charge in [0, 0.05) is 12.4 Å². The molecule has 94 valence electrons. The van der Waals surface area contributed by atoms with Gasteiger partial charge in [-0.3, -0.25) is 10.1 Å². The summed E-state index contributed by atoms with van der Waals surface area (Å²) < 4.78 is 5.50. The van der Waals surface area contributed by atoms with Gasteiger partial charge in [-0.2, -0.15) is 0 Å². The van der Waals surface area contributed by atoms with Crippen LogP contribution in [0.4, 0.5) is 0 Å². The Labute approximate surface area is 101 Å². The minimum absolute atomic E-state index is 0.122. The van der Waals surface area contributed by atoms with E-state index < -0.39 is 5.41 Å². The minimum atomic E-state index is -0.474. The van der Waals surface area contributed by atoms with Crippen molar-refractivity contribution in [1.29, 1.82) is 0 Å². The van der Waals surface area contributed by atoms with Gasteiger partial charge in [0.05, 0.1) is 11.3 Å². The third-order valence-corrected chi connectivity index (χ3v) is 2.88. The lowest BCUT2D eigenvalue weighted by Gasteiger charge is -2.23. The van der Waals surface area contributed by atoms with Gasteiger partial charge >= 0.3 is 5.97 Å². The maximum absolute atomic E-state index is 11.8. The summed E-state index contributed by atoms with van der Waals surface area (Å²) in [5.74, 6) is 0.812. The summed E-state index contributed by atoms with van der Waals surface area (Å²) >= 11 is 0. The zero-order valence-electron chi connectivity index (χ0n) is 10.5. The number of nitrogens with zero attached hydrogens (tertiary/aromatic N) is 1. The summed E-state index contributed by atoms with van der Waals surface area (Å²) in [4.78, 5) is 19.2. The van der Waals surface area contributed by atoms with Crippen LogP contribution in [0.5, 0.6) is 0 Å². The second-order valence-corrected chi connectivity index (χ2v) is 5.40. The molecule has 5 nitrogen and oxygen atoms in total. The van der Waals surface area contributed by atoms with E-state index in [0.717, 1.165) is 18.8 Å². The molecule has 0 spiro atoms. The summed E-state index contributed by atoms with van der Waals surface area (Å²) in [5, 5.41) is 3.19. The Hall–Kier alpha value is -1.36. The van der Waals surface area contributed by atoms with Gasteiger partial charge in [0.15, 0.2) is 6.23 Å². The lowest BCUT2D eigenvalue weighted by Crippen LogP contribution is -2.36. The summed E-state index contributed by atoms with van der Waals surface area (Å²) in [5.41, 5.74) is -0.474. The topological polar surface area (TPSA) is 67.0 Å². The predicted molar refractivity (Wildman–Crippen MR) is 63.3 cm³/mol. The van der Waals surface area contributed by atoms with Gasteiger partial charge in [-0.25, -0.2) is 4.98 Å². The SMILES string of the molecule is CC(C)(C)C(=O)OC1NCC[C@H]1c1ncc[nH]1. The molecule has 2 atom stereocenters. The average Bonchev–Trinajstić information content (AvgIpc) is 2.83. The van der Waals surface area contributed by atoms with E-state index in [9.17, 15) is 4.79 Å². The van der Waals surface area contributed by atoms with Crippen molar-refractivity contribution in [3.63, 3.8) is 0 Å². The number of hydrogen-bond donors (Lipinski definition) is 2. The van der Waals surface area contributed by atoms with Crippen LogP contribution in [0.2, 0.25) is 0 Å². The molecular formula is C12H19N3O2. The Morgan fingerprint density at radius 1 is 1.53 bits per heavy atom. The molecule has 1 aliphatic heterocycles. The van der Waals surface area contributed by atoms with Gasteiger partial charge in [0.2, 0.25) is 0 Å². The van der Waals surface area contributed by atoms with E-state index in [1.807, 2.05) is 20.8 Å². The summed E-state index contributed by atoms with van der Waals surface area (Å²) in [6.07, 6.45) is 4.16. The summed E-state index contributed by atoms with van der Waals surface area (Å²) in [6, 6.07) is 0. The maximum Gasteiger partial charge on any atom is 0.312 e. The first kappa shape index (κ1) is 12.1. The predicted octanol–water partition coefficient (Wildman–Crippen LogP) is 1.40. The molecule has 1 unspecified atom stereocenters. The van der Waals surface area contributed by atoms with E-state index in [1.54, 1.807) is 12.4 Å². The van der Waals surface area contributed by atoms with Crippen LogP contribution in [0, 0.1) is 5.41 Å². The van der Waals surface area contributed by atoms with Crippen LogP contribution in [-0.4, -0.2) is 28.7 Å². The van der Waals surface area contributed by atoms with Crippen molar-refractivity contribution >= 4 is 5.97 Å². The molecule has 2 rings (SSSR count). The number of rotatable bonds is 2. The van der Waals surface area contributed by atoms with Gasteiger partial charge < -0.3 is 9.72 Å². The van der Waals surface area contributed by atoms with Crippen molar-refractivity contribution in [3.8, 4) is 0 Å². The van der Waals surface area contributed by atoms with Crippen LogP contribution in [0.15, 0.2) is 12.4 Å². The van der Waals surface area contributed by atoms with Crippen LogP contribution in [0.25, 0.3) is 0 Å². The molecule has 1 fully saturated rings. The first-order valence-corrected chi connectivity index (χ1v) is 5.92. The molecular weight excluding hydrogens is 218 g/mol. The molecule has 5 heteroatoms. The minimum Gasteiger partial charge on any atom is -0.445 e. The number of aromatic nitrogens is 2. The normalized spacial score (nSPS) is 24.9. The van der Waals surface area contributed by atoms with Crippen LogP contribution in [0.1, 0.15) is 38.9 Å². The number of carbonyl (C=O) groups is 1. The Morgan fingerprint density at radius 3 is 2.88 bits per heavy atom. The number of ether oxygens (including phenoxy) is 1. The van der Waals surface area contributed by atoms with Crippen molar-refractivity contribution in [2.75, 3.05) is 6.54 Å². The van der Waals surface area contributed by atoms with Gasteiger partial charge in [0.1, 0.15) is 5.82 Å². The number of carbonyl (C=O) groups excluding carboxylic acids is 1. The first-order chi connectivity index (χ1) is 7.98. The zero-order chi connectivity index (χ0) is 12.5. The van der Waals surface area contributed by atoms with Crippen molar-refractivity contribution in [2.45, 2.75) is 39.3 Å². The number of H-pyrrole nitrogens is 1. The maximum atomic E-state index is 11.8. The molecule has 0 aliphatic carbocycles. The molecule has 2 N–H and O–H groups in total. The third-order valence-electron chi connectivity index (χ3n) is 2.88. The molecule has 0 amide bonds. The molecule has 17 heavy (non-hydrogen) atoms. The van der Waals surface area contributed by atoms with Gasteiger partial charge in [0.25, 0.3) is 0 Å². The molecule has 0 bridgehead atoms. The zero-order valence-corrected chi connectivity index (χ0v) is 10.5. The molecule has 1 aromatic rings. The highest BCUT2D eigenvalue weighted by Crippen LogP contribution is 2.27. The van der Waals surface area contributed by atoms with Crippen LogP contribution in [0.3, 0.4) is 0 Å². The fourth-order valence-electron chi connectivity index (χ4n) is 1.85.